The van der Waals surface area contributed by atoms with Gasteiger partial charge in [0.05, 0.1) is 5.56 Å². The highest BCUT2D eigenvalue weighted by Gasteiger charge is 2.40. The maximum atomic E-state index is 13.6. The molecule has 2 aliphatic heterocycles. The second-order valence-corrected chi connectivity index (χ2v) is 11.9. The van der Waals surface area contributed by atoms with Crippen LogP contribution < -0.4 is 15.4 Å². The van der Waals surface area contributed by atoms with E-state index in [1.165, 1.54) is 25.0 Å². The van der Waals surface area contributed by atoms with Gasteiger partial charge in [0.15, 0.2) is 6.29 Å². The molecule has 3 atom stereocenters. The number of alkyl halides is 1. The third-order valence-electron chi connectivity index (χ3n) is 8.03. The fourth-order valence-electron chi connectivity index (χ4n) is 5.00. The fraction of sp³-hybridized carbons (Fsp3) is 0.667. The highest BCUT2D eigenvalue weighted by atomic mass is 19.1. The van der Waals surface area contributed by atoms with Gasteiger partial charge in [-0.05, 0) is 71.2 Å². The molecule has 1 aromatic carbocycles. The lowest BCUT2D eigenvalue weighted by Crippen LogP contribution is -2.56. The van der Waals surface area contributed by atoms with Crippen molar-refractivity contribution in [2.24, 2.45) is 5.92 Å². The second kappa shape index (κ2) is 14.7. The molecule has 41 heavy (non-hydrogen) atoms. The first-order valence-corrected chi connectivity index (χ1v) is 14.6. The Bertz CT molecular complexity index is 1060. The van der Waals surface area contributed by atoms with Gasteiger partial charge in [-0.3, -0.25) is 19.2 Å². The summed E-state index contributed by atoms with van der Waals surface area (Å²) in [4.78, 5) is 56.2. The Balaban J connectivity index is 0.000000681. The van der Waals surface area contributed by atoms with E-state index in [9.17, 15) is 23.6 Å². The van der Waals surface area contributed by atoms with Crippen LogP contribution in [0.4, 0.5) is 4.39 Å². The molecule has 2 saturated heterocycles. The van der Waals surface area contributed by atoms with Crippen molar-refractivity contribution in [3.8, 4) is 5.75 Å². The molecule has 3 unspecified atom stereocenters. The van der Waals surface area contributed by atoms with Crippen LogP contribution in [0, 0.1) is 5.92 Å². The number of likely N-dealkylation sites (tertiary alicyclic amines) is 1. The number of halogens is 1. The number of ether oxygens (including phenoxy) is 1. The van der Waals surface area contributed by atoms with Gasteiger partial charge < -0.3 is 30.1 Å². The van der Waals surface area contributed by atoms with Crippen LogP contribution in [0.5, 0.6) is 5.75 Å². The molecule has 0 spiro atoms. The number of benzene rings is 1. The fourth-order valence-corrected chi connectivity index (χ4v) is 5.00. The van der Waals surface area contributed by atoms with Crippen LogP contribution in [0.2, 0.25) is 0 Å². The number of para-hydroxylation sites is 1. The summed E-state index contributed by atoms with van der Waals surface area (Å²) in [5.41, 5.74) is 0.560. The molecule has 10 nitrogen and oxygen atoms in total. The summed E-state index contributed by atoms with van der Waals surface area (Å²) in [6.45, 7) is 9.44. The molecule has 3 amide bonds. The Morgan fingerprint density at radius 3 is 2.34 bits per heavy atom. The summed E-state index contributed by atoms with van der Waals surface area (Å²) in [6.07, 6.45) is 2.21. The first kappa shape index (κ1) is 32.5. The summed E-state index contributed by atoms with van der Waals surface area (Å²) >= 11 is 0. The lowest BCUT2D eigenvalue weighted by molar-refractivity contribution is -0.145. The molecule has 1 aliphatic carbocycles. The standard InChI is InChI=1S/C25H35FN4O5.C5H11N/c1-17(2)15-19(27-23(32)18-7-4-5-9-21(18)35-22(26)16-31)24(33)30-10-6-8-20(30)25(34)29-13-11-28(3)12-14-29;1-5(6-2)3-4-5/h4-5,7,9,16-17,19-20,22H,6,8,10-15H2,1-3H3,(H,27,32);6H,3-4H2,1-2H3. The van der Waals surface area contributed by atoms with E-state index in [1.807, 2.05) is 32.8 Å². The number of rotatable bonds is 10. The zero-order chi connectivity index (χ0) is 30.2. The molecule has 4 rings (SSSR count). The number of nitrogens with one attached hydrogen (secondary N) is 2. The topological polar surface area (TPSA) is 111 Å². The number of piperazine rings is 1. The largest absolute Gasteiger partial charge is 0.453 e. The number of amides is 3. The van der Waals surface area contributed by atoms with Crippen LogP contribution >= 0.6 is 0 Å². The van der Waals surface area contributed by atoms with E-state index >= 15 is 0 Å². The summed E-state index contributed by atoms with van der Waals surface area (Å²) in [5, 5.41) is 5.98. The van der Waals surface area contributed by atoms with Gasteiger partial charge in [0.25, 0.3) is 12.3 Å². The smallest absolute Gasteiger partial charge is 0.293 e. The Labute approximate surface area is 242 Å². The lowest BCUT2D eigenvalue weighted by atomic mass is 10.0. The van der Waals surface area contributed by atoms with Crippen molar-refractivity contribution >= 4 is 24.0 Å². The summed E-state index contributed by atoms with van der Waals surface area (Å²) in [5.74, 6) is -0.953. The van der Waals surface area contributed by atoms with Gasteiger partial charge in [-0.25, -0.2) is 0 Å². The minimum Gasteiger partial charge on any atom is -0.453 e. The average Bonchev–Trinajstić information content (AvgIpc) is 3.50. The summed E-state index contributed by atoms with van der Waals surface area (Å²) in [7, 11) is 4.04. The van der Waals surface area contributed by atoms with Gasteiger partial charge >= 0.3 is 0 Å². The van der Waals surface area contributed by atoms with E-state index in [1.54, 1.807) is 17.0 Å². The van der Waals surface area contributed by atoms with Crippen LogP contribution in [-0.4, -0.2) is 110 Å². The predicted molar refractivity (Wildman–Crippen MR) is 154 cm³/mol. The van der Waals surface area contributed by atoms with Crippen molar-refractivity contribution in [2.75, 3.05) is 46.8 Å². The molecule has 0 radical (unpaired) electrons. The highest BCUT2D eigenvalue weighted by molar-refractivity contribution is 6.00. The van der Waals surface area contributed by atoms with Gasteiger partial charge in [0, 0.05) is 38.3 Å². The molecule has 1 aromatic rings. The van der Waals surface area contributed by atoms with E-state index in [-0.39, 0.29) is 35.3 Å². The number of aldehydes is 1. The molecular formula is C30H46FN5O5. The van der Waals surface area contributed by atoms with E-state index < -0.39 is 24.3 Å². The normalized spacial score (nSPS) is 21.4. The van der Waals surface area contributed by atoms with Crippen LogP contribution in [0.15, 0.2) is 24.3 Å². The van der Waals surface area contributed by atoms with Crippen molar-refractivity contribution in [3.63, 3.8) is 0 Å². The molecule has 2 heterocycles. The molecular weight excluding hydrogens is 529 g/mol. The molecule has 3 fully saturated rings. The number of nitrogens with zero attached hydrogens (tertiary/aromatic N) is 3. The molecule has 228 valence electrons. The number of carbonyl (C=O) groups excluding carboxylic acids is 4. The first-order valence-electron chi connectivity index (χ1n) is 14.6. The van der Waals surface area contributed by atoms with Crippen molar-refractivity contribution in [1.29, 1.82) is 0 Å². The van der Waals surface area contributed by atoms with E-state index in [0.717, 1.165) is 19.5 Å². The van der Waals surface area contributed by atoms with E-state index in [2.05, 4.69) is 22.5 Å². The Hall–Kier alpha value is -3.05. The van der Waals surface area contributed by atoms with Crippen molar-refractivity contribution in [2.45, 2.75) is 76.9 Å². The van der Waals surface area contributed by atoms with Crippen molar-refractivity contribution in [3.05, 3.63) is 29.8 Å². The van der Waals surface area contributed by atoms with Crippen molar-refractivity contribution in [1.82, 2.24) is 25.3 Å². The quantitative estimate of drug-likeness (QED) is 0.412. The number of hydrogen-bond donors (Lipinski definition) is 2. The summed E-state index contributed by atoms with van der Waals surface area (Å²) in [6, 6.07) is 4.57. The number of carbonyl (C=O) groups is 4. The highest BCUT2D eigenvalue weighted by Crippen LogP contribution is 2.33. The summed E-state index contributed by atoms with van der Waals surface area (Å²) < 4.78 is 18.4. The van der Waals surface area contributed by atoms with Crippen molar-refractivity contribution < 1.29 is 28.3 Å². The Morgan fingerprint density at radius 2 is 1.78 bits per heavy atom. The number of likely N-dealkylation sites (N-methyl/N-ethyl adjacent to an activating group) is 1. The first-order chi connectivity index (χ1) is 19.5. The van der Waals surface area contributed by atoms with E-state index in [0.29, 0.717) is 38.0 Å². The maximum absolute atomic E-state index is 13.6. The molecule has 1 saturated carbocycles. The van der Waals surface area contributed by atoms with Crippen LogP contribution in [0.3, 0.4) is 0 Å². The van der Waals surface area contributed by atoms with Gasteiger partial charge in [0.1, 0.15) is 17.8 Å². The SMILES string of the molecule is CC(C)CC(NC(=O)c1ccccc1OC(F)C=O)C(=O)N1CCCC1C(=O)N1CCN(C)CC1.CNC1(C)CC1. The molecule has 2 N–H and O–H groups in total. The predicted octanol–water partition coefficient (Wildman–Crippen LogP) is 2.23. The minimum atomic E-state index is -2.21. The van der Waals surface area contributed by atoms with Crippen LogP contribution in [0.1, 0.15) is 63.2 Å². The molecule has 0 bridgehead atoms. The lowest BCUT2D eigenvalue weighted by Gasteiger charge is -2.36. The van der Waals surface area contributed by atoms with Crippen LogP contribution in [-0.2, 0) is 14.4 Å². The van der Waals surface area contributed by atoms with Crippen LogP contribution in [0.25, 0.3) is 0 Å². The van der Waals surface area contributed by atoms with Gasteiger partial charge in [-0.15, -0.1) is 0 Å². The third kappa shape index (κ3) is 9.22. The zero-order valence-electron chi connectivity index (χ0n) is 25.0. The van der Waals surface area contributed by atoms with Gasteiger partial charge in [0.2, 0.25) is 11.8 Å². The van der Waals surface area contributed by atoms with Gasteiger partial charge in [-0.2, -0.15) is 4.39 Å². The molecule has 0 aromatic heterocycles. The Morgan fingerprint density at radius 1 is 1.12 bits per heavy atom. The number of hydrogen-bond acceptors (Lipinski definition) is 7. The second-order valence-electron chi connectivity index (χ2n) is 11.9. The molecule has 11 heteroatoms. The third-order valence-corrected chi connectivity index (χ3v) is 8.03. The molecule has 3 aliphatic rings. The van der Waals surface area contributed by atoms with E-state index in [4.69, 9.17) is 4.74 Å². The van der Waals surface area contributed by atoms with Gasteiger partial charge in [-0.1, -0.05) is 26.0 Å². The monoisotopic (exact) mass is 575 g/mol. The minimum absolute atomic E-state index is 0.00925. The maximum Gasteiger partial charge on any atom is 0.293 e. The average molecular weight is 576 g/mol. The Kier molecular flexibility index (Phi) is 11.7. The zero-order valence-corrected chi connectivity index (χ0v) is 25.0.